The van der Waals surface area contributed by atoms with Crippen molar-refractivity contribution in [1.29, 1.82) is 0 Å². The van der Waals surface area contributed by atoms with E-state index in [0.717, 1.165) is 5.56 Å². The molecule has 0 saturated carbocycles. The van der Waals surface area contributed by atoms with Crippen molar-refractivity contribution in [2.24, 2.45) is 0 Å². The summed E-state index contributed by atoms with van der Waals surface area (Å²) in [7, 11) is 0. The smallest absolute Gasteiger partial charge is 0.336 e. The number of hydrogen-bond acceptors (Lipinski definition) is 4. The molecule has 0 aliphatic carbocycles. The lowest BCUT2D eigenvalue weighted by Gasteiger charge is -2.12. The molecule has 0 fully saturated rings. The molecule has 122 valence electrons. The summed E-state index contributed by atoms with van der Waals surface area (Å²) >= 11 is 0. The number of para-hydroxylation sites is 2. The zero-order valence-electron chi connectivity index (χ0n) is 13.1. The lowest BCUT2D eigenvalue weighted by Crippen LogP contribution is -1.96. The predicted octanol–water partition coefficient (Wildman–Crippen LogP) is 4.54. The van der Waals surface area contributed by atoms with E-state index < -0.39 is 5.63 Å². The Hall–Kier alpha value is -3.53. The molecule has 0 spiro atoms. The average molecular weight is 330 g/mol. The molecule has 4 heteroatoms. The van der Waals surface area contributed by atoms with Gasteiger partial charge in [0, 0.05) is 22.6 Å². The Bertz CT molecular complexity index is 1140. The highest BCUT2D eigenvalue weighted by molar-refractivity contribution is 5.98. The number of hydrogen-bond donors (Lipinski definition) is 2. The van der Waals surface area contributed by atoms with Gasteiger partial charge in [-0.2, -0.15) is 0 Å². The van der Waals surface area contributed by atoms with Crippen molar-refractivity contribution in [3.8, 4) is 33.8 Å². The molecule has 25 heavy (non-hydrogen) atoms. The van der Waals surface area contributed by atoms with Gasteiger partial charge in [0.1, 0.15) is 17.1 Å². The Morgan fingerprint density at radius 3 is 2.00 bits per heavy atom. The standard InChI is InChI=1S/C21H14O4/c22-18-7-3-1-5-14(18)13-11-17(15-6-2-4-8-19(15)23)16-9-10-21(24)25-20(16)12-13/h1-12,22-23H. The molecule has 4 nitrogen and oxygen atoms in total. The van der Waals surface area contributed by atoms with Crippen molar-refractivity contribution >= 4 is 11.0 Å². The monoisotopic (exact) mass is 330 g/mol. The Morgan fingerprint density at radius 1 is 0.680 bits per heavy atom. The number of fused-ring (bicyclic) bond motifs is 1. The number of phenols is 2. The first kappa shape index (κ1) is 15.0. The SMILES string of the molecule is O=c1ccc2c(-c3ccccc3O)cc(-c3ccccc3O)cc2o1. The van der Waals surface area contributed by atoms with Gasteiger partial charge in [-0.3, -0.25) is 0 Å². The van der Waals surface area contributed by atoms with Crippen LogP contribution in [0.1, 0.15) is 0 Å². The third-order valence-corrected chi connectivity index (χ3v) is 4.15. The maximum atomic E-state index is 11.6. The van der Waals surface area contributed by atoms with Crippen molar-refractivity contribution in [3.63, 3.8) is 0 Å². The first-order valence-corrected chi connectivity index (χ1v) is 7.78. The predicted molar refractivity (Wildman–Crippen MR) is 96.7 cm³/mol. The molecule has 0 unspecified atom stereocenters. The van der Waals surface area contributed by atoms with Crippen LogP contribution in [0.5, 0.6) is 11.5 Å². The molecular formula is C21H14O4. The minimum Gasteiger partial charge on any atom is -0.507 e. The maximum absolute atomic E-state index is 11.6. The van der Waals surface area contributed by atoms with Gasteiger partial charge in [0.05, 0.1) is 0 Å². The van der Waals surface area contributed by atoms with E-state index >= 15 is 0 Å². The fraction of sp³-hybridized carbons (Fsp3) is 0. The van der Waals surface area contributed by atoms with Gasteiger partial charge < -0.3 is 14.6 Å². The lowest BCUT2D eigenvalue weighted by atomic mass is 9.94. The van der Waals surface area contributed by atoms with Gasteiger partial charge in [-0.05, 0) is 41.5 Å². The largest absolute Gasteiger partial charge is 0.507 e. The Kier molecular flexibility index (Phi) is 3.51. The Labute approximate surface area is 143 Å². The quantitative estimate of drug-likeness (QED) is 0.529. The first-order chi connectivity index (χ1) is 12.1. The molecular weight excluding hydrogens is 316 g/mol. The second kappa shape index (κ2) is 5.83. The average Bonchev–Trinajstić information content (AvgIpc) is 2.61. The third kappa shape index (κ3) is 2.64. The van der Waals surface area contributed by atoms with E-state index in [-0.39, 0.29) is 11.5 Å². The third-order valence-electron chi connectivity index (χ3n) is 4.15. The topological polar surface area (TPSA) is 70.7 Å². The number of phenolic OH excluding ortho intramolecular Hbond substituents is 2. The summed E-state index contributed by atoms with van der Waals surface area (Å²) < 4.78 is 5.35. The van der Waals surface area contributed by atoms with E-state index in [9.17, 15) is 15.0 Å². The summed E-state index contributed by atoms with van der Waals surface area (Å²) in [5, 5.41) is 21.1. The Balaban J connectivity index is 2.09. The maximum Gasteiger partial charge on any atom is 0.336 e. The summed E-state index contributed by atoms with van der Waals surface area (Å²) in [6.07, 6.45) is 0. The normalized spacial score (nSPS) is 10.9. The lowest BCUT2D eigenvalue weighted by molar-refractivity contribution is 0.477. The number of rotatable bonds is 2. The van der Waals surface area contributed by atoms with Crippen molar-refractivity contribution in [2.45, 2.75) is 0 Å². The van der Waals surface area contributed by atoms with Crippen molar-refractivity contribution in [3.05, 3.63) is 83.2 Å². The van der Waals surface area contributed by atoms with E-state index in [2.05, 4.69) is 0 Å². The minimum absolute atomic E-state index is 0.128. The van der Waals surface area contributed by atoms with Gasteiger partial charge in [0.15, 0.2) is 0 Å². The number of benzene rings is 3. The molecule has 1 aromatic heterocycles. The highest BCUT2D eigenvalue weighted by Crippen LogP contribution is 2.39. The highest BCUT2D eigenvalue weighted by atomic mass is 16.4. The molecule has 0 atom stereocenters. The summed E-state index contributed by atoms with van der Waals surface area (Å²) in [6, 6.07) is 20.5. The summed E-state index contributed by atoms with van der Waals surface area (Å²) in [6.45, 7) is 0. The van der Waals surface area contributed by atoms with Gasteiger partial charge >= 0.3 is 5.63 Å². The summed E-state index contributed by atoms with van der Waals surface area (Å²) in [5.74, 6) is 0.257. The molecule has 0 radical (unpaired) electrons. The van der Waals surface area contributed by atoms with E-state index in [1.165, 1.54) is 6.07 Å². The zero-order valence-corrected chi connectivity index (χ0v) is 13.1. The second-order valence-corrected chi connectivity index (χ2v) is 5.72. The minimum atomic E-state index is -0.454. The molecule has 0 aliphatic heterocycles. The van der Waals surface area contributed by atoms with Gasteiger partial charge in [0.2, 0.25) is 0 Å². The van der Waals surface area contributed by atoms with Crippen LogP contribution in [0.3, 0.4) is 0 Å². The van der Waals surface area contributed by atoms with Crippen LogP contribution in [0, 0.1) is 0 Å². The molecule has 2 N–H and O–H groups in total. The van der Waals surface area contributed by atoms with Crippen molar-refractivity contribution in [1.82, 2.24) is 0 Å². The Morgan fingerprint density at radius 2 is 1.32 bits per heavy atom. The van der Waals surface area contributed by atoms with Gasteiger partial charge in [-0.15, -0.1) is 0 Å². The van der Waals surface area contributed by atoms with Crippen LogP contribution < -0.4 is 5.63 Å². The fourth-order valence-electron chi connectivity index (χ4n) is 2.97. The van der Waals surface area contributed by atoms with Crippen LogP contribution in [-0.4, -0.2) is 10.2 Å². The molecule has 0 bridgehead atoms. The van der Waals surface area contributed by atoms with E-state index in [1.54, 1.807) is 48.5 Å². The van der Waals surface area contributed by atoms with Gasteiger partial charge in [-0.25, -0.2) is 4.79 Å². The van der Waals surface area contributed by atoms with Crippen molar-refractivity contribution < 1.29 is 14.6 Å². The van der Waals surface area contributed by atoms with E-state index in [4.69, 9.17) is 4.42 Å². The fourth-order valence-corrected chi connectivity index (χ4v) is 2.97. The van der Waals surface area contributed by atoms with Crippen LogP contribution in [0.2, 0.25) is 0 Å². The van der Waals surface area contributed by atoms with Crippen LogP contribution in [0.4, 0.5) is 0 Å². The van der Waals surface area contributed by atoms with Crippen LogP contribution in [0.25, 0.3) is 33.2 Å². The summed E-state index contributed by atoms with van der Waals surface area (Å²) in [5.41, 5.74) is 2.60. The molecule has 1 heterocycles. The highest BCUT2D eigenvalue weighted by Gasteiger charge is 2.14. The van der Waals surface area contributed by atoms with Crippen LogP contribution in [-0.2, 0) is 0 Å². The first-order valence-electron chi connectivity index (χ1n) is 7.78. The molecule has 4 aromatic rings. The molecule has 3 aromatic carbocycles. The van der Waals surface area contributed by atoms with Crippen LogP contribution >= 0.6 is 0 Å². The van der Waals surface area contributed by atoms with Crippen molar-refractivity contribution in [2.75, 3.05) is 0 Å². The van der Waals surface area contributed by atoms with Gasteiger partial charge in [0.25, 0.3) is 0 Å². The molecule has 0 saturated heterocycles. The van der Waals surface area contributed by atoms with E-state index in [0.29, 0.717) is 27.7 Å². The molecule has 4 rings (SSSR count). The zero-order chi connectivity index (χ0) is 17.4. The summed E-state index contributed by atoms with van der Waals surface area (Å²) in [4.78, 5) is 11.6. The van der Waals surface area contributed by atoms with Gasteiger partial charge in [-0.1, -0.05) is 36.4 Å². The van der Waals surface area contributed by atoms with Crippen LogP contribution in [0.15, 0.2) is 82.0 Å². The second-order valence-electron chi connectivity index (χ2n) is 5.72. The number of aromatic hydroxyl groups is 2. The molecule has 0 amide bonds. The van der Waals surface area contributed by atoms with E-state index in [1.807, 2.05) is 18.2 Å². The molecule has 0 aliphatic rings.